The zero-order valence-electron chi connectivity index (χ0n) is 9.96. The van der Waals surface area contributed by atoms with Gasteiger partial charge in [-0.15, -0.1) is 0 Å². The summed E-state index contributed by atoms with van der Waals surface area (Å²) in [4.78, 5) is 2.80. The maximum Gasteiger partial charge on any atom is 0.00981 e. The quantitative estimate of drug-likeness (QED) is 0.636. The van der Waals surface area contributed by atoms with Crippen LogP contribution in [0.4, 0.5) is 0 Å². The van der Waals surface area contributed by atoms with E-state index in [1.54, 1.807) is 25.7 Å². The summed E-state index contributed by atoms with van der Waals surface area (Å²) in [6.07, 6.45) is 13.7. The monoisotopic (exact) mass is 207 g/mol. The molecule has 3 aliphatic rings. The lowest BCUT2D eigenvalue weighted by Crippen LogP contribution is -2.40. The summed E-state index contributed by atoms with van der Waals surface area (Å²) in [5, 5.41) is 0. The van der Waals surface area contributed by atoms with E-state index in [2.05, 4.69) is 4.90 Å². The molecule has 0 amide bonds. The highest BCUT2D eigenvalue weighted by Gasteiger charge is 2.34. The van der Waals surface area contributed by atoms with Crippen molar-refractivity contribution in [1.29, 1.82) is 0 Å². The largest absolute Gasteiger partial charge is 0.300 e. The Kier molecular flexibility index (Phi) is 3.01. The van der Waals surface area contributed by atoms with Gasteiger partial charge in [0.2, 0.25) is 0 Å². The standard InChI is InChI=1S/C14H25N/c1-2-6-13-11-14(8-7-12(13)5-1)15-9-3-4-10-15/h12-14H,1-11H2. The number of rotatable bonds is 1. The molecule has 0 N–H and O–H groups in total. The van der Waals surface area contributed by atoms with Crippen molar-refractivity contribution in [2.45, 2.75) is 63.8 Å². The first-order valence-electron chi connectivity index (χ1n) is 7.17. The van der Waals surface area contributed by atoms with Crippen molar-refractivity contribution >= 4 is 0 Å². The predicted molar refractivity (Wildman–Crippen MR) is 63.9 cm³/mol. The van der Waals surface area contributed by atoms with Crippen molar-refractivity contribution in [3.63, 3.8) is 0 Å². The van der Waals surface area contributed by atoms with E-state index in [-0.39, 0.29) is 0 Å². The Bertz CT molecular complexity index is 207. The molecule has 0 bridgehead atoms. The highest BCUT2D eigenvalue weighted by Crippen LogP contribution is 2.42. The molecular formula is C14H25N. The molecule has 3 fully saturated rings. The minimum atomic E-state index is 0.979. The van der Waals surface area contributed by atoms with Gasteiger partial charge in [-0.3, -0.25) is 0 Å². The third-order valence-electron chi connectivity index (χ3n) is 5.17. The molecule has 1 heteroatoms. The van der Waals surface area contributed by atoms with Crippen LogP contribution in [0, 0.1) is 11.8 Å². The average molecular weight is 207 g/mol. The smallest absolute Gasteiger partial charge is 0.00981 e. The van der Waals surface area contributed by atoms with E-state index in [1.807, 2.05) is 0 Å². The van der Waals surface area contributed by atoms with Crippen molar-refractivity contribution in [3.05, 3.63) is 0 Å². The molecule has 3 atom stereocenters. The molecule has 1 nitrogen and oxygen atoms in total. The predicted octanol–water partition coefficient (Wildman–Crippen LogP) is 3.44. The molecule has 0 aromatic carbocycles. The van der Waals surface area contributed by atoms with Gasteiger partial charge in [-0.05, 0) is 57.0 Å². The Labute approximate surface area is 94.2 Å². The molecule has 0 aromatic heterocycles. The van der Waals surface area contributed by atoms with Crippen LogP contribution in [0.3, 0.4) is 0 Å². The molecule has 3 rings (SSSR count). The molecule has 1 aliphatic heterocycles. The minimum absolute atomic E-state index is 0.979. The summed E-state index contributed by atoms with van der Waals surface area (Å²) in [6, 6.07) is 0.979. The molecule has 0 aromatic rings. The maximum atomic E-state index is 2.80. The van der Waals surface area contributed by atoms with Gasteiger partial charge in [0.05, 0.1) is 0 Å². The Morgan fingerprint density at radius 1 is 0.667 bits per heavy atom. The first-order chi connectivity index (χ1) is 7.43. The second-order valence-corrected chi connectivity index (χ2v) is 6.01. The van der Waals surface area contributed by atoms with Gasteiger partial charge in [-0.2, -0.15) is 0 Å². The van der Waals surface area contributed by atoms with E-state index in [0.717, 1.165) is 17.9 Å². The third kappa shape index (κ3) is 2.08. The molecule has 3 unspecified atom stereocenters. The first-order valence-corrected chi connectivity index (χ1v) is 7.17. The normalized spacial score (nSPS) is 42.8. The number of likely N-dealkylation sites (tertiary alicyclic amines) is 1. The SMILES string of the molecule is C1CCC2CC(N3CCCC3)CCC2C1. The summed E-state index contributed by atoms with van der Waals surface area (Å²) >= 11 is 0. The summed E-state index contributed by atoms with van der Waals surface area (Å²) in [5.74, 6) is 2.23. The van der Waals surface area contributed by atoms with Gasteiger partial charge >= 0.3 is 0 Å². The lowest BCUT2D eigenvalue weighted by molar-refractivity contribution is 0.0877. The fraction of sp³-hybridized carbons (Fsp3) is 1.00. The highest BCUT2D eigenvalue weighted by atomic mass is 15.2. The van der Waals surface area contributed by atoms with E-state index in [4.69, 9.17) is 0 Å². The lowest BCUT2D eigenvalue weighted by Gasteiger charge is -2.42. The van der Waals surface area contributed by atoms with Crippen LogP contribution in [0.25, 0.3) is 0 Å². The van der Waals surface area contributed by atoms with Gasteiger partial charge in [0.15, 0.2) is 0 Å². The zero-order chi connectivity index (χ0) is 10.1. The zero-order valence-corrected chi connectivity index (χ0v) is 9.96. The van der Waals surface area contributed by atoms with Crippen molar-refractivity contribution in [2.75, 3.05) is 13.1 Å². The van der Waals surface area contributed by atoms with Crippen LogP contribution in [0.2, 0.25) is 0 Å². The molecular weight excluding hydrogens is 182 g/mol. The van der Waals surface area contributed by atoms with E-state index in [1.165, 1.54) is 45.2 Å². The van der Waals surface area contributed by atoms with Gasteiger partial charge < -0.3 is 4.90 Å². The molecule has 0 radical (unpaired) electrons. The lowest BCUT2D eigenvalue weighted by atomic mass is 9.69. The molecule has 86 valence electrons. The first kappa shape index (κ1) is 10.1. The van der Waals surface area contributed by atoms with Gasteiger partial charge in [0, 0.05) is 6.04 Å². The highest BCUT2D eigenvalue weighted by molar-refractivity contribution is 4.88. The number of nitrogens with zero attached hydrogens (tertiary/aromatic N) is 1. The second-order valence-electron chi connectivity index (χ2n) is 6.01. The van der Waals surface area contributed by atoms with Crippen molar-refractivity contribution in [3.8, 4) is 0 Å². The van der Waals surface area contributed by atoms with Crippen LogP contribution in [0.1, 0.15) is 57.8 Å². The number of hydrogen-bond acceptors (Lipinski definition) is 1. The van der Waals surface area contributed by atoms with E-state index < -0.39 is 0 Å². The van der Waals surface area contributed by atoms with Crippen LogP contribution in [-0.4, -0.2) is 24.0 Å². The van der Waals surface area contributed by atoms with Crippen molar-refractivity contribution in [2.24, 2.45) is 11.8 Å². The summed E-state index contributed by atoms with van der Waals surface area (Å²) in [5.41, 5.74) is 0. The molecule has 2 aliphatic carbocycles. The second kappa shape index (κ2) is 4.45. The Morgan fingerprint density at radius 2 is 1.40 bits per heavy atom. The van der Waals surface area contributed by atoms with Crippen molar-refractivity contribution < 1.29 is 0 Å². The Balaban J connectivity index is 1.59. The average Bonchev–Trinajstić information content (AvgIpc) is 2.82. The molecule has 0 spiro atoms. The maximum absolute atomic E-state index is 2.80. The van der Waals surface area contributed by atoms with Crippen LogP contribution in [0.5, 0.6) is 0 Å². The van der Waals surface area contributed by atoms with Gasteiger partial charge in [0.1, 0.15) is 0 Å². The van der Waals surface area contributed by atoms with Crippen LogP contribution in [-0.2, 0) is 0 Å². The minimum Gasteiger partial charge on any atom is -0.300 e. The van der Waals surface area contributed by atoms with Gasteiger partial charge in [-0.25, -0.2) is 0 Å². The van der Waals surface area contributed by atoms with E-state index in [9.17, 15) is 0 Å². The summed E-state index contributed by atoms with van der Waals surface area (Å²) in [7, 11) is 0. The van der Waals surface area contributed by atoms with E-state index >= 15 is 0 Å². The molecule has 15 heavy (non-hydrogen) atoms. The molecule has 2 saturated carbocycles. The Hall–Kier alpha value is -0.0400. The molecule has 1 saturated heterocycles. The Morgan fingerprint density at radius 3 is 2.20 bits per heavy atom. The molecule has 1 heterocycles. The topological polar surface area (TPSA) is 3.24 Å². The van der Waals surface area contributed by atoms with Crippen LogP contribution >= 0.6 is 0 Å². The van der Waals surface area contributed by atoms with Crippen molar-refractivity contribution in [1.82, 2.24) is 4.90 Å². The third-order valence-corrected chi connectivity index (χ3v) is 5.17. The van der Waals surface area contributed by atoms with Gasteiger partial charge in [-0.1, -0.05) is 25.7 Å². The van der Waals surface area contributed by atoms with E-state index in [0.29, 0.717) is 0 Å². The summed E-state index contributed by atoms with van der Waals surface area (Å²) < 4.78 is 0. The number of fused-ring (bicyclic) bond motifs is 1. The number of hydrogen-bond donors (Lipinski definition) is 0. The van der Waals surface area contributed by atoms with Crippen LogP contribution < -0.4 is 0 Å². The summed E-state index contributed by atoms with van der Waals surface area (Å²) in [6.45, 7) is 2.81. The fourth-order valence-corrected chi connectivity index (χ4v) is 4.29. The van der Waals surface area contributed by atoms with Gasteiger partial charge in [0.25, 0.3) is 0 Å². The fourth-order valence-electron chi connectivity index (χ4n) is 4.29. The van der Waals surface area contributed by atoms with Crippen LogP contribution in [0.15, 0.2) is 0 Å².